The number of carbonyl (C=O) groups excluding carboxylic acids is 1. The van der Waals surface area contributed by atoms with Crippen LogP contribution in [0.5, 0.6) is 0 Å². The van der Waals surface area contributed by atoms with E-state index in [-0.39, 0.29) is 12.5 Å². The fourth-order valence-electron chi connectivity index (χ4n) is 1.78. The molecule has 0 bridgehead atoms. The number of rotatable bonds is 4. The van der Waals surface area contributed by atoms with Crippen LogP contribution in [-0.4, -0.2) is 39.1 Å². The van der Waals surface area contributed by atoms with Crippen LogP contribution in [0, 0.1) is 6.92 Å². The topological polar surface area (TPSA) is 97.9 Å². The zero-order valence-corrected chi connectivity index (χ0v) is 10.5. The summed E-state index contributed by atoms with van der Waals surface area (Å²) in [5.41, 5.74) is 1.09. The third kappa shape index (κ3) is 2.48. The van der Waals surface area contributed by atoms with Gasteiger partial charge in [-0.2, -0.15) is 0 Å². The summed E-state index contributed by atoms with van der Waals surface area (Å²) in [6, 6.07) is 2.07. The average molecular weight is 262 g/mol. The van der Waals surface area contributed by atoms with Crippen LogP contribution in [0.1, 0.15) is 28.0 Å². The highest BCUT2D eigenvalue weighted by Gasteiger charge is 2.21. The number of nitrogens with one attached hydrogen (secondary N) is 2. The molecule has 8 heteroatoms. The Balaban J connectivity index is 1.58. The lowest BCUT2D eigenvalue weighted by atomic mass is 10.2. The molecule has 0 spiro atoms. The Kier molecular flexibility index (Phi) is 3.00. The summed E-state index contributed by atoms with van der Waals surface area (Å²) in [6.45, 7) is 3.84. The standard InChI is InChI=1S/C11H14N6O2/c1-7-2-9(19-15-7)5-13-11(18)10-6-17(16-14-10)8-3-12-4-8/h2,6,8,12H,3-5H2,1H3,(H,13,18). The number of nitrogens with zero attached hydrogens (tertiary/aromatic N) is 4. The highest BCUT2D eigenvalue weighted by Crippen LogP contribution is 2.10. The first kappa shape index (κ1) is 11.8. The van der Waals surface area contributed by atoms with E-state index in [1.807, 2.05) is 6.92 Å². The lowest BCUT2D eigenvalue weighted by Gasteiger charge is -2.26. The van der Waals surface area contributed by atoms with Gasteiger partial charge in [0.25, 0.3) is 5.91 Å². The lowest BCUT2D eigenvalue weighted by molar-refractivity contribution is 0.0942. The Labute approximate surface area is 109 Å². The van der Waals surface area contributed by atoms with Crippen LogP contribution in [-0.2, 0) is 6.54 Å². The molecular formula is C11H14N6O2. The first-order valence-electron chi connectivity index (χ1n) is 6.05. The molecule has 3 heterocycles. The SMILES string of the molecule is Cc1cc(CNC(=O)c2cn(C3CNC3)nn2)on1. The molecule has 0 atom stereocenters. The van der Waals surface area contributed by atoms with E-state index in [0.29, 0.717) is 17.5 Å². The largest absolute Gasteiger partial charge is 0.359 e. The minimum Gasteiger partial charge on any atom is -0.359 e. The van der Waals surface area contributed by atoms with Crippen molar-refractivity contribution in [2.24, 2.45) is 0 Å². The quantitative estimate of drug-likeness (QED) is 0.781. The van der Waals surface area contributed by atoms with Crippen LogP contribution >= 0.6 is 0 Å². The number of hydrogen-bond donors (Lipinski definition) is 2. The van der Waals surface area contributed by atoms with Gasteiger partial charge in [-0.15, -0.1) is 5.10 Å². The van der Waals surface area contributed by atoms with E-state index in [1.54, 1.807) is 16.9 Å². The molecule has 1 fully saturated rings. The van der Waals surface area contributed by atoms with E-state index in [9.17, 15) is 4.79 Å². The van der Waals surface area contributed by atoms with Crippen LogP contribution in [0.4, 0.5) is 0 Å². The smallest absolute Gasteiger partial charge is 0.273 e. The Morgan fingerprint density at radius 1 is 1.63 bits per heavy atom. The van der Waals surface area contributed by atoms with E-state index < -0.39 is 0 Å². The van der Waals surface area contributed by atoms with E-state index >= 15 is 0 Å². The highest BCUT2D eigenvalue weighted by molar-refractivity contribution is 5.91. The first-order chi connectivity index (χ1) is 9.22. The Hall–Kier alpha value is -2.22. The molecule has 3 rings (SSSR count). The van der Waals surface area contributed by atoms with Gasteiger partial charge in [0, 0.05) is 19.2 Å². The molecule has 0 aliphatic carbocycles. The Morgan fingerprint density at radius 3 is 3.11 bits per heavy atom. The van der Waals surface area contributed by atoms with Gasteiger partial charge in [0.05, 0.1) is 24.5 Å². The van der Waals surface area contributed by atoms with Crippen molar-refractivity contribution in [3.63, 3.8) is 0 Å². The molecule has 1 amide bonds. The van der Waals surface area contributed by atoms with Gasteiger partial charge in [-0.3, -0.25) is 4.79 Å². The number of aromatic nitrogens is 4. The molecule has 0 radical (unpaired) electrons. The number of amides is 1. The van der Waals surface area contributed by atoms with Gasteiger partial charge in [0.2, 0.25) is 0 Å². The summed E-state index contributed by atoms with van der Waals surface area (Å²) in [6.07, 6.45) is 1.66. The van der Waals surface area contributed by atoms with E-state index in [1.165, 1.54) is 0 Å². The summed E-state index contributed by atoms with van der Waals surface area (Å²) in [7, 11) is 0. The second-order valence-electron chi connectivity index (χ2n) is 4.51. The molecule has 100 valence electrons. The van der Waals surface area contributed by atoms with Gasteiger partial charge < -0.3 is 15.2 Å². The van der Waals surface area contributed by atoms with Gasteiger partial charge in [0.1, 0.15) is 0 Å². The number of hydrogen-bond acceptors (Lipinski definition) is 6. The first-order valence-corrected chi connectivity index (χ1v) is 6.05. The molecular weight excluding hydrogens is 248 g/mol. The Morgan fingerprint density at radius 2 is 2.47 bits per heavy atom. The van der Waals surface area contributed by atoms with Crippen molar-refractivity contribution in [3.8, 4) is 0 Å². The van der Waals surface area contributed by atoms with Crippen molar-refractivity contribution in [1.82, 2.24) is 30.8 Å². The fourth-order valence-corrected chi connectivity index (χ4v) is 1.78. The summed E-state index contributed by atoms with van der Waals surface area (Å²) < 4.78 is 6.72. The van der Waals surface area contributed by atoms with Crippen LogP contribution in [0.25, 0.3) is 0 Å². The average Bonchev–Trinajstić information content (AvgIpc) is 2.93. The zero-order valence-electron chi connectivity index (χ0n) is 10.5. The molecule has 1 aliphatic heterocycles. The van der Waals surface area contributed by atoms with Gasteiger partial charge in [0.15, 0.2) is 11.5 Å². The molecule has 0 aromatic carbocycles. The third-order valence-electron chi connectivity index (χ3n) is 2.98. The van der Waals surface area contributed by atoms with Gasteiger partial charge in [-0.05, 0) is 6.92 Å². The fraction of sp³-hybridized carbons (Fsp3) is 0.455. The molecule has 2 aromatic heterocycles. The van der Waals surface area contributed by atoms with E-state index in [0.717, 1.165) is 18.8 Å². The molecule has 2 N–H and O–H groups in total. The van der Waals surface area contributed by atoms with Crippen molar-refractivity contribution in [3.05, 3.63) is 29.4 Å². The maximum Gasteiger partial charge on any atom is 0.273 e. The number of aryl methyl sites for hydroxylation is 1. The maximum absolute atomic E-state index is 11.9. The molecule has 8 nitrogen and oxygen atoms in total. The maximum atomic E-state index is 11.9. The molecule has 1 aliphatic rings. The summed E-state index contributed by atoms with van der Waals surface area (Å²) in [5, 5.41) is 17.4. The van der Waals surface area contributed by atoms with Crippen molar-refractivity contribution in [1.29, 1.82) is 0 Å². The second kappa shape index (κ2) is 4.81. The third-order valence-corrected chi connectivity index (χ3v) is 2.98. The predicted octanol–water partition coefficient (Wildman–Crippen LogP) is -0.351. The molecule has 1 saturated heterocycles. The van der Waals surface area contributed by atoms with Crippen molar-refractivity contribution in [2.45, 2.75) is 19.5 Å². The lowest BCUT2D eigenvalue weighted by Crippen LogP contribution is -2.43. The number of carbonyl (C=O) groups is 1. The summed E-state index contributed by atoms with van der Waals surface area (Å²) in [4.78, 5) is 11.9. The van der Waals surface area contributed by atoms with Crippen molar-refractivity contribution >= 4 is 5.91 Å². The van der Waals surface area contributed by atoms with Crippen LogP contribution in [0.3, 0.4) is 0 Å². The molecule has 0 saturated carbocycles. The van der Waals surface area contributed by atoms with Crippen molar-refractivity contribution < 1.29 is 9.32 Å². The van der Waals surface area contributed by atoms with Gasteiger partial charge in [-0.1, -0.05) is 10.4 Å². The zero-order chi connectivity index (χ0) is 13.2. The summed E-state index contributed by atoms with van der Waals surface area (Å²) >= 11 is 0. The van der Waals surface area contributed by atoms with Gasteiger partial charge >= 0.3 is 0 Å². The molecule has 2 aromatic rings. The summed E-state index contributed by atoms with van der Waals surface area (Å²) in [5.74, 6) is 0.342. The Bertz CT molecular complexity index is 586. The molecule has 0 unspecified atom stereocenters. The monoisotopic (exact) mass is 262 g/mol. The minimum atomic E-state index is -0.271. The second-order valence-corrected chi connectivity index (χ2v) is 4.51. The van der Waals surface area contributed by atoms with E-state index in [4.69, 9.17) is 4.52 Å². The predicted molar refractivity (Wildman–Crippen MR) is 64.3 cm³/mol. The normalized spacial score (nSPS) is 15.2. The van der Waals surface area contributed by atoms with Gasteiger partial charge in [-0.25, -0.2) is 4.68 Å². The van der Waals surface area contributed by atoms with Crippen LogP contribution in [0.15, 0.2) is 16.8 Å². The van der Waals surface area contributed by atoms with Crippen LogP contribution < -0.4 is 10.6 Å². The van der Waals surface area contributed by atoms with Crippen molar-refractivity contribution in [2.75, 3.05) is 13.1 Å². The van der Waals surface area contributed by atoms with Crippen LogP contribution in [0.2, 0.25) is 0 Å². The minimum absolute atomic E-state index is 0.271. The highest BCUT2D eigenvalue weighted by atomic mass is 16.5. The van der Waals surface area contributed by atoms with E-state index in [2.05, 4.69) is 26.1 Å². The molecule has 19 heavy (non-hydrogen) atoms.